The first-order valence-corrected chi connectivity index (χ1v) is 10.6. The Kier molecular flexibility index (Phi) is 6.27. The van der Waals surface area contributed by atoms with Crippen molar-refractivity contribution in [2.24, 2.45) is 5.92 Å². The summed E-state index contributed by atoms with van der Waals surface area (Å²) >= 11 is 6.38. The SMILES string of the molecule is CCOC(=O)C1CCN(C(=O)c2nnn(-c3ccccc3Cl)c2-c2ccccn2)CC1. The zero-order valence-electron chi connectivity index (χ0n) is 17.1. The van der Waals surface area contributed by atoms with Gasteiger partial charge in [-0.25, -0.2) is 4.68 Å². The van der Waals surface area contributed by atoms with Crippen LogP contribution in [0.1, 0.15) is 30.3 Å². The summed E-state index contributed by atoms with van der Waals surface area (Å²) in [5.41, 5.74) is 1.86. The molecule has 0 spiro atoms. The van der Waals surface area contributed by atoms with Gasteiger partial charge in [-0.3, -0.25) is 14.6 Å². The van der Waals surface area contributed by atoms with Crippen molar-refractivity contribution in [2.45, 2.75) is 19.8 Å². The number of hydrogen-bond acceptors (Lipinski definition) is 6. The Balaban J connectivity index is 1.66. The summed E-state index contributed by atoms with van der Waals surface area (Å²) in [7, 11) is 0. The Morgan fingerprint density at radius 2 is 1.87 bits per heavy atom. The van der Waals surface area contributed by atoms with Crippen LogP contribution in [0.25, 0.3) is 17.1 Å². The molecule has 0 saturated carbocycles. The van der Waals surface area contributed by atoms with Crippen molar-refractivity contribution in [3.63, 3.8) is 0 Å². The van der Waals surface area contributed by atoms with Crippen molar-refractivity contribution in [1.29, 1.82) is 0 Å². The molecule has 0 N–H and O–H groups in total. The third-order valence-corrected chi connectivity index (χ3v) is 5.58. The van der Waals surface area contributed by atoms with Gasteiger partial charge in [-0.1, -0.05) is 35.0 Å². The van der Waals surface area contributed by atoms with Crippen LogP contribution in [0.15, 0.2) is 48.7 Å². The normalized spacial score (nSPS) is 14.5. The molecule has 3 aromatic rings. The van der Waals surface area contributed by atoms with E-state index in [-0.39, 0.29) is 23.5 Å². The van der Waals surface area contributed by atoms with Gasteiger partial charge < -0.3 is 9.64 Å². The monoisotopic (exact) mass is 439 g/mol. The molecule has 2 aromatic heterocycles. The molecule has 1 saturated heterocycles. The zero-order chi connectivity index (χ0) is 21.8. The van der Waals surface area contributed by atoms with E-state index in [9.17, 15) is 9.59 Å². The lowest BCUT2D eigenvalue weighted by Crippen LogP contribution is -2.41. The number of piperidine rings is 1. The molecule has 4 rings (SSSR count). The molecule has 31 heavy (non-hydrogen) atoms. The van der Waals surface area contributed by atoms with E-state index < -0.39 is 0 Å². The highest BCUT2D eigenvalue weighted by molar-refractivity contribution is 6.32. The van der Waals surface area contributed by atoms with Crippen LogP contribution in [0.3, 0.4) is 0 Å². The summed E-state index contributed by atoms with van der Waals surface area (Å²) in [4.78, 5) is 31.5. The lowest BCUT2D eigenvalue weighted by Gasteiger charge is -2.30. The summed E-state index contributed by atoms with van der Waals surface area (Å²) in [6, 6.07) is 12.7. The number of carbonyl (C=O) groups excluding carboxylic acids is 2. The molecular weight excluding hydrogens is 418 g/mol. The number of esters is 1. The fourth-order valence-electron chi connectivity index (χ4n) is 3.68. The van der Waals surface area contributed by atoms with Crippen molar-refractivity contribution in [1.82, 2.24) is 24.9 Å². The third kappa shape index (κ3) is 4.29. The number of benzene rings is 1. The number of hydrogen-bond donors (Lipinski definition) is 0. The smallest absolute Gasteiger partial charge is 0.309 e. The molecule has 8 nitrogen and oxygen atoms in total. The minimum Gasteiger partial charge on any atom is -0.466 e. The molecule has 1 amide bonds. The van der Waals surface area contributed by atoms with Crippen LogP contribution in [0.4, 0.5) is 0 Å². The van der Waals surface area contributed by atoms with Crippen molar-refractivity contribution >= 4 is 23.5 Å². The number of amides is 1. The summed E-state index contributed by atoms with van der Waals surface area (Å²) in [5.74, 6) is -0.632. The second kappa shape index (κ2) is 9.26. The van der Waals surface area contributed by atoms with E-state index in [2.05, 4.69) is 15.3 Å². The fraction of sp³-hybridized carbons (Fsp3) is 0.318. The maximum absolute atomic E-state index is 13.4. The highest BCUT2D eigenvalue weighted by atomic mass is 35.5. The maximum atomic E-state index is 13.4. The average molecular weight is 440 g/mol. The largest absolute Gasteiger partial charge is 0.466 e. The van der Waals surface area contributed by atoms with Gasteiger partial charge in [-0.15, -0.1) is 5.10 Å². The van der Waals surface area contributed by atoms with Crippen molar-refractivity contribution in [3.8, 4) is 17.1 Å². The number of rotatable bonds is 5. The average Bonchev–Trinajstić information content (AvgIpc) is 3.24. The van der Waals surface area contributed by atoms with Crippen LogP contribution in [0.2, 0.25) is 5.02 Å². The Hall–Kier alpha value is -3.26. The Morgan fingerprint density at radius 1 is 1.13 bits per heavy atom. The van der Waals surface area contributed by atoms with Crippen LogP contribution < -0.4 is 0 Å². The molecule has 0 atom stereocenters. The minimum absolute atomic E-state index is 0.182. The van der Waals surface area contributed by atoms with E-state index in [0.717, 1.165) is 0 Å². The topological polar surface area (TPSA) is 90.2 Å². The molecular formula is C22H22ClN5O3. The van der Waals surface area contributed by atoms with E-state index in [4.69, 9.17) is 16.3 Å². The van der Waals surface area contributed by atoms with Crippen LogP contribution in [0.5, 0.6) is 0 Å². The standard InChI is InChI=1S/C22H22ClN5O3/c1-2-31-22(30)15-10-13-27(14-11-15)21(29)19-20(17-8-5-6-12-24-17)28(26-25-19)18-9-4-3-7-16(18)23/h3-9,12,15H,2,10-11,13-14H2,1H3. The van der Waals surface area contributed by atoms with Gasteiger partial charge in [-0.2, -0.15) is 0 Å². The molecule has 0 bridgehead atoms. The number of carbonyl (C=O) groups is 2. The quantitative estimate of drug-likeness (QED) is 0.566. The van der Waals surface area contributed by atoms with E-state index >= 15 is 0 Å². The van der Waals surface area contributed by atoms with E-state index in [1.165, 1.54) is 0 Å². The third-order valence-electron chi connectivity index (χ3n) is 5.26. The second-order valence-electron chi connectivity index (χ2n) is 7.18. The van der Waals surface area contributed by atoms with Crippen molar-refractivity contribution < 1.29 is 14.3 Å². The Bertz CT molecular complexity index is 1080. The number of nitrogens with zero attached hydrogens (tertiary/aromatic N) is 5. The van der Waals surface area contributed by atoms with E-state index in [1.807, 2.05) is 24.3 Å². The van der Waals surface area contributed by atoms with Gasteiger partial charge in [0.05, 0.1) is 28.9 Å². The highest BCUT2D eigenvalue weighted by Crippen LogP contribution is 2.29. The number of likely N-dealkylation sites (tertiary alicyclic amines) is 1. The maximum Gasteiger partial charge on any atom is 0.309 e. The second-order valence-corrected chi connectivity index (χ2v) is 7.59. The van der Waals surface area contributed by atoms with Crippen LogP contribution in [-0.4, -0.2) is 56.5 Å². The van der Waals surface area contributed by atoms with Gasteiger partial charge in [-0.05, 0) is 44.0 Å². The minimum atomic E-state index is -0.249. The van der Waals surface area contributed by atoms with Crippen LogP contribution in [-0.2, 0) is 9.53 Å². The number of halogens is 1. The van der Waals surface area contributed by atoms with Crippen LogP contribution in [0, 0.1) is 5.92 Å². The summed E-state index contributed by atoms with van der Waals surface area (Å²) in [5, 5.41) is 8.91. The van der Waals surface area contributed by atoms with Gasteiger partial charge in [0.1, 0.15) is 5.69 Å². The Morgan fingerprint density at radius 3 is 2.55 bits per heavy atom. The Labute approximate surface area is 184 Å². The van der Waals surface area contributed by atoms with Gasteiger partial charge in [0.25, 0.3) is 5.91 Å². The van der Waals surface area contributed by atoms with Gasteiger partial charge in [0.15, 0.2) is 5.69 Å². The first-order chi connectivity index (χ1) is 15.1. The molecule has 0 aliphatic carbocycles. The predicted molar refractivity (Wildman–Crippen MR) is 115 cm³/mol. The molecule has 9 heteroatoms. The summed E-state index contributed by atoms with van der Waals surface area (Å²) in [6.45, 7) is 3.04. The van der Waals surface area contributed by atoms with Gasteiger partial charge >= 0.3 is 5.97 Å². The lowest BCUT2D eigenvalue weighted by atomic mass is 9.96. The van der Waals surface area contributed by atoms with E-state index in [0.29, 0.717) is 54.6 Å². The zero-order valence-corrected chi connectivity index (χ0v) is 17.8. The molecule has 1 aliphatic heterocycles. The van der Waals surface area contributed by atoms with Gasteiger partial charge in [0.2, 0.25) is 0 Å². The molecule has 1 fully saturated rings. The lowest BCUT2D eigenvalue weighted by molar-refractivity contribution is -0.149. The van der Waals surface area contributed by atoms with E-state index in [1.54, 1.807) is 40.9 Å². The van der Waals surface area contributed by atoms with Gasteiger partial charge in [0, 0.05) is 19.3 Å². The predicted octanol–water partition coefficient (Wildman–Crippen LogP) is 3.40. The number of pyridine rings is 1. The van der Waals surface area contributed by atoms with Crippen LogP contribution >= 0.6 is 11.6 Å². The molecule has 1 aliphatic rings. The molecule has 1 aromatic carbocycles. The number of ether oxygens (including phenoxy) is 1. The number of aromatic nitrogens is 4. The fourth-order valence-corrected chi connectivity index (χ4v) is 3.89. The summed E-state index contributed by atoms with van der Waals surface area (Å²) < 4.78 is 6.66. The number of para-hydroxylation sites is 1. The molecule has 0 unspecified atom stereocenters. The molecule has 3 heterocycles. The molecule has 160 valence electrons. The highest BCUT2D eigenvalue weighted by Gasteiger charge is 2.32. The first kappa shape index (κ1) is 21.0. The van der Waals surface area contributed by atoms with Crippen molar-refractivity contribution in [3.05, 3.63) is 59.4 Å². The summed E-state index contributed by atoms with van der Waals surface area (Å²) in [6.07, 6.45) is 2.77. The van der Waals surface area contributed by atoms with Crippen molar-refractivity contribution in [2.75, 3.05) is 19.7 Å². The molecule has 0 radical (unpaired) electrons. The first-order valence-electron chi connectivity index (χ1n) is 10.2.